The van der Waals surface area contributed by atoms with Gasteiger partial charge >= 0.3 is 0 Å². The zero-order chi connectivity index (χ0) is 18.0. The van der Waals surface area contributed by atoms with E-state index < -0.39 is 5.60 Å². The Morgan fingerprint density at radius 3 is 2.60 bits per heavy atom. The molecule has 0 heterocycles. The Bertz CT molecular complexity index is 873. The van der Waals surface area contributed by atoms with Crippen molar-refractivity contribution in [2.45, 2.75) is 38.7 Å². The fourth-order valence-corrected chi connectivity index (χ4v) is 2.97. The number of hydrogen-bond donors (Lipinski definition) is 1. The highest BCUT2D eigenvalue weighted by atomic mass is 19.1. The smallest absolute Gasteiger partial charge is 0.145 e. The molecule has 1 aliphatic carbocycles. The number of nitriles is 1. The Kier molecular flexibility index (Phi) is 4.61. The Morgan fingerprint density at radius 2 is 1.88 bits per heavy atom. The van der Waals surface area contributed by atoms with Gasteiger partial charge in [-0.2, -0.15) is 5.26 Å². The van der Waals surface area contributed by atoms with E-state index in [0.29, 0.717) is 17.1 Å². The number of nitrogens with zero attached hydrogens (tertiary/aromatic N) is 1. The highest BCUT2D eigenvalue weighted by Gasteiger charge is 2.20. The van der Waals surface area contributed by atoms with Gasteiger partial charge in [0, 0.05) is 5.56 Å². The van der Waals surface area contributed by atoms with Gasteiger partial charge in [0.1, 0.15) is 23.4 Å². The van der Waals surface area contributed by atoms with Gasteiger partial charge < -0.3 is 9.84 Å². The number of hydrogen-bond acceptors (Lipinski definition) is 3. The van der Waals surface area contributed by atoms with Gasteiger partial charge in [-0.1, -0.05) is 18.2 Å². The largest absolute Gasteiger partial charge is 0.456 e. The van der Waals surface area contributed by atoms with E-state index in [4.69, 9.17) is 4.74 Å². The molecule has 0 saturated heterocycles. The topological polar surface area (TPSA) is 53.2 Å². The number of fused-ring (bicyclic) bond motifs is 1. The third-order valence-corrected chi connectivity index (χ3v) is 4.21. The van der Waals surface area contributed by atoms with Gasteiger partial charge in [0.15, 0.2) is 0 Å². The molecule has 0 bridgehead atoms. The van der Waals surface area contributed by atoms with E-state index in [2.05, 4.69) is 6.07 Å². The fourth-order valence-electron chi connectivity index (χ4n) is 2.97. The zero-order valence-electron chi connectivity index (χ0n) is 14.3. The van der Waals surface area contributed by atoms with Gasteiger partial charge in [0.25, 0.3) is 0 Å². The van der Waals surface area contributed by atoms with Crippen LogP contribution in [-0.2, 0) is 12.8 Å². The van der Waals surface area contributed by atoms with E-state index in [-0.39, 0.29) is 5.82 Å². The second-order valence-electron chi connectivity index (χ2n) is 6.81. The molecule has 128 valence electrons. The maximum atomic E-state index is 13.9. The molecule has 0 atom stereocenters. The van der Waals surface area contributed by atoms with E-state index in [0.717, 1.165) is 36.0 Å². The average Bonchev–Trinajstić information content (AvgIpc) is 3.06. The lowest BCUT2D eigenvalue weighted by Crippen LogP contribution is -2.13. The van der Waals surface area contributed by atoms with E-state index in [1.165, 1.54) is 6.07 Å². The summed E-state index contributed by atoms with van der Waals surface area (Å²) >= 11 is 0. The molecular formula is C21H20FNO2. The summed E-state index contributed by atoms with van der Waals surface area (Å²) in [4.78, 5) is 0. The SMILES string of the molecule is CC(C)(O)/C=C/c1ccc(Oc2ccc(F)c3c2CCC3)c(C#N)c1. The molecular weight excluding hydrogens is 317 g/mol. The summed E-state index contributed by atoms with van der Waals surface area (Å²) in [6, 6.07) is 10.4. The Labute approximate surface area is 147 Å². The lowest BCUT2D eigenvalue weighted by atomic mass is 10.1. The van der Waals surface area contributed by atoms with Crippen molar-refractivity contribution < 1.29 is 14.2 Å². The van der Waals surface area contributed by atoms with Crippen molar-refractivity contribution in [2.24, 2.45) is 0 Å². The van der Waals surface area contributed by atoms with Crippen LogP contribution in [0.4, 0.5) is 4.39 Å². The van der Waals surface area contributed by atoms with E-state index in [1.54, 1.807) is 44.2 Å². The molecule has 2 aromatic carbocycles. The van der Waals surface area contributed by atoms with Crippen molar-refractivity contribution >= 4 is 6.08 Å². The van der Waals surface area contributed by atoms with Crippen molar-refractivity contribution in [2.75, 3.05) is 0 Å². The van der Waals surface area contributed by atoms with Crippen molar-refractivity contribution in [3.05, 3.63) is 64.5 Å². The number of benzene rings is 2. The van der Waals surface area contributed by atoms with Crippen molar-refractivity contribution in [1.82, 2.24) is 0 Å². The molecule has 25 heavy (non-hydrogen) atoms. The first-order chi connectivity index (χ1) is 11.9. The Balaban J connectivity index is 1.91. The van der Waals surface area contributed by atoms with Crippen LogP contribution in [-0.4, -0.2) is 10.7 Å². The normalized spacial score (nSPS) is 13.7. The minimum Gasteiger partial charge on any atom is -0.456 e. The summed E-state index contributed by atoms with van der Waals surface area (Å²) in [7, 11) is 0. The highest BCUT2D eigenvalue weighted by molar-refractivity contribution is 5.58. The maximum absolute atomic E-state index is 13.9. The maximum Gasteiger partial charge on any atom is 0.145 e. The minimum absolute atomic E-state index is 0.188. The van der Waals surface area contributed by atoms with Gasteiger partial charge in [-0.05, 0) is 68.5 Å². The molecule has 1 N–H and O–H groups in total. The highest BCUT2D eigenvalue weighted by Crippen LogP contribution is 2.36. The second-order valence-corrected chi connectivity index (χ2v) is 6.81. The van der Waals surface area contributed by atoms with E-state index in [9.17, 15) is 14.8 Å². The molecule has 2 aromatic rings. The van der Waals surface area contributed by atoms with Crippen molar-refractivity contribution in [3.63, 3.8) is 0 Å². The molecule has 0 radical (unpaired) electrons. The number of ether oxygens (including phenoxy) is 1. The van der Waals surface area contributed by atoms with Crippen LogP contribution in [0, 0.1) is 17.1 Å². The van der Waals surface area contributed by atoms with Crippen LogP contribution in [0.1, 0.15) is 42.5 Å². The van der Waals surface area contributed by atoms with Crippen LogP contribution in [0.3, 0.4) is 0 Å². The Hall–Kier alpha value is -2.64. The molecule has 4 heteroatoms. The summed E-state index contributed by atoms with van der Waals surface area (Å²) < 4.78 is 19.8. The molecule has 0 spiro atoms. The van der Waals surface area contributed by atoms with E-state index in [1.807, 2.05) is 6.07 Å². The van der Waals surface area contributed by atoms with Crippen LogP contribution in [0.15, 0.2) is 36.4 Å². The standard InChI is InChI=1S/C21H20FNO2/c1-21(2,24)11-10-14-6-8-19(15(12-14)13-23)25-20-9-7-18(22)16-4-3-5-17(16)20/h6-12,24H,3-5H2,1-2H3/b11-10+. The number of halogens is 1. The van der Waals surface area contributed by atoms with Crippen molar-refractivity contribution in [1.29, 1.82) is 5.26 Å². The molecule has 1 aliphatic rings. The van der Waals surface area contributed by atoms with Gasteiger partial charge in [0.05, 0.1) is 11.2 Å². The summed E-state index contributed by atoms with van der Waals surface area (Å²) in [5, 5.41) is 19.2. The molecule has 0 aromatic heterocycles. The summed E-state index contributed by atoms with van der Waals surface area (Å²) in [5.74, 6) is 0.876. The van der Waals surface area contributed by atoms with Crippen LogP contribution in [0.25, 0.3) is 6.08 Å². The molecule has 3 nitrogen and oxygen atoms in total. The summed E-state index contributed by atoms with van der Waals surface area (Å²) in [6.45, 7) is 3.36. The van der Waals surface area contributed by atoms with Crippen LogP contribution >= 0.6 is 0 Å². The zero-order valence-corrected chi connectivity index (χ0v) is 14.3. The first kappa shape index (κ1) is 17.2. The molecule has 0 amide bonds. The van der Waals surface area contributed by atoms with Gasteiger partial charge in [-0.3, -0.25) is 0 Å². The van der Waals surface area contributed by atoms with Crippen LogP contribution < -0.4 is 4.74 Å². The quantitative estimate of drug-likeness (QED) is 0.875. The van der Waals surface area contributed by atoms with Gasteiger partial charge in [-0.15, -0.1) is 0 Å². The summed E-state index contributed by atoms with van der Waals surface area (Å²) in [5.41, 5.74) is 1.90. The third-order valence-electron chi connectivity index (χ3n) is 4.21. The van der Waals surface area contributed by atoms with Gasteiger partial charge in [-0.25, -0.2) is 4.39 Å². The van der Waals surface area contributed by atoms with Crippen molar-refractivity contribution in [3.8, 4) is 17.6 Å². The Morgan fingerprint density at radius 1 is 1.16 bits per heavy atom. The molecule has 0 aliphatic heterocycles. The first-order valence-corrected chi connectivity index (χ1v) is 8.31. The predicted octanol–water partition coefficient (Wildman–Crippen LogP) is 4.76. The molecule has 0 unspecified atom stereocenters. The predicted molar refractivity (Wildman–Crippen MR) is 95.0 cm³/mol. The minimum atomic E-state index is -0.920. The summed E-state index contributed by atoms with van der Waals surface area (Å²) in [6.07, 6.45) is 5.86. The number of rotatable bonds is 4. The molecule has 0 saturated carbocycles. The lowest BCUT2D eigenvalue weighted by molar-refractivity contribution is 0.134. The molecule has 3 rings (SSSR count). The molecule has 0 fully saturated rings. The fraction of sp³-hybridized carbons (Fsp3) is 0.286. The van der Waals surface area contributed by atoms with Crippen LogP contribution in [0.2, 0.25) is 0 Å². The monoisotopic (exact) mass is 337 g/mol. The van der Waals surface area contributed by atoms with Crippen LogP contribution in [0.5, 0.6) is 11.5 Å². The van der Waals surface area contributed by atoms with Gasteiger partial charge in [0.2, 0.25) is 0 Å². The lowest BCUT2D eigenvalue weighted by Gasteiger charge is -2.13. The first-order valence-electron chi connectivity index (χ1n) is 8.31. The third kappa shape index (κ3) is 3.89. The number of aliphatic hydroxyl groups is 1. The average molecular weight is 337 g/mol. The second kappa shape index (κ2) is 6.70. The van der Waals surface area contributed by atoms with E-state index >= 15 is 0 Å².